The summed E-state index contributed by atoms with van der Waals surface area (Å²) in [4.78, 5) is 0. The van der Waals surface area contributed by atoms with Gasteiger partial charge in [-0.3, -0.25) is 0 Å². The first-order valence-electron chi connectivity index (χ1n) is 6.44. The van der Waals surface area contributed by atoms with Crippen LogP contribution in [0.3, 0.4) is 0 Å². The predicted molar refractivity (Wildman–Crippen MR) is 71.2 cm³/mol. The summed E-state index contributed by atoms with van der Waals surface area (Å²) in [6.45, 7) is -0.0516. The first-order chi connectivity index (χ1) is 9.10. The lowest BCUT2D eigenvalue weighted by Gasteiger charge is -2.21. The Kier molecular flexibility index (Phi) is 4.29. The first kappa shape index (κ1) is 14.1. The molecule has 1 aromatic rings. The van der Waals surface area contributed by atoms with Crippen molar-refractivity contribution in [1.29, 1.82) is 0 Å². The summed E-state index contributed by atoms with van der Waals surface area (Å²) in [5.41, 5.74) is 6.28. The molecule has 1 aliphatic rings. The summed E-state index contributed by atoms with van der Waals surface area (Å²) in [6.07, 6.45) is 2.20. The van der Waals surface area contributed by atoms with Gasteiger partial charge < -0.3 is 25.4 Å². The highest BCUT2D eigenvalue weighted by atomic mass is 16.5. The molecule has 0 heterocycles. The van der Waals surface area contributed by atoms with Crippen LogP contribution in [0.1, 0.15) is 24.8 Å². The number of aliphatic hydroxyl groups excluding tert-OH is 2. The Morgan fingerprint density at radius 3 is 2.74 bits per heavy atom. The maximum Gasteiger partial charge on any atom is 0.161 e. The quantitative estimate of drug-likeness (QED) is 0.735. The lowest BCUT2D eigenvalue weighted by atomic mass is 10.0. The van der Waals surface area contributed by atoms with Crippen molar-refractivity contribution in [2.24, 2.45) is 5.73 Å². The fourth-order valence-electron chi connectivity index (χ4n) is 2.44. The number of nitrogens with two attached hydrogens (primary N) is 1. The first-order valence-corrected chi connectivity index (χ1v) is 6.44. The van der Waals surface area contributed by atoms with E-state index in [0.29, 0.717) is 17.9 Å². The Labute approximate surface area is 113 Å². The van der Waals surface area contributed by atoms with Crippen LogP contribution in [-0.4, -0.2) is 35.6 Å². The van der Waals surface area contributed by atoms with Crippen LogP contribution in [0.15, 0.2) is 18.2 Å². The molecule has 0 spiro atoms. The smallest absolute Gasteiger partial charge is 0.161 e. The molecule has 4 N–H and O–H groups in total. The van der Waals surface area contributed by atoms with Gasteiger partial charge in [0.1, 0.15) is 6.10 Å². The van der Waals surface area contributed by atoms with Crippen LogP contribution in [-0.2, 0) is 6.61 Å². The Morgan fingerprint density at radius 2 is 2.16 bits per heavy atom. The number of rotatable bonds is 5. The molecule has 5 nitrogen and oxygen atoms in total. The number of methoxy groups -OCH3 is 1. The van der Waals surface area contributed by atoms with E-state index in [0.717, 1.165) is 18.4 Å². The topological polar surface area (TPSA) is 84.9 Å². The van der Waals surface area contributed by atoms with Gasteiger partial charge in [0.15, 0.2) is 11.5 Å². The second-order valence-corrected chi connectivity index (χ2v) is 5.15. The van der Waals surface area contributed by atoms with Crippen LogP contribution >= 0.6 is 0 Å². The Bertz CT molecular complexity index is 437. The molecule has 2 unspecified atom stereocenters. The maximum absolute atomic E-state index is 9.25. The van der Waals surface area contributed by atoms with E-state index in [4.69, 9.17) is 20.3 Å². The number of aliphatic hydroxyl groups is 2. The van der Waals surface area contributed by atoms with Crippen LogP contribution in [0.5, 0.6) is 11.5 Å². The Morgan fingerprint density at radius 1 is 1.37 bits per heavy atom. The van der Waals surface area contributed by atoms with Crippen LogP contribution in [0.4, 0.5) is 0 Å². The molecule has 19 heavy (non-hydrogen) atoms. The van der Waals surface area contributed by atoms with Gasteiger partial charge in [-0.2, -0.15) is 0 Å². The fourth-order valence-corrected chi connectivity index (χ4v) is 2.44. The normalized spacial score (nSPS) is 26.4. The van der Waals surface area contributed by atoms with Crippen molar-refractivity contribution in [3.8, 4) is 11.5 Å². The Balaban J connectivity index is 2.07. The summed E-state index contributed by atoms with van der Waals surface area (Å²) in [7, 11) is 1.57. The summed E-state index contributed by atoms with van der Waals surface area (Å²) >= 11 is 0. The van der Waals surface area contributed by atoms with Gasteiger partial charge in [0.2, 0.25) is 0 Å². The third-order valence-corrected chi connectivity index (χ3v) is 3.62. The summed E-state index contributed by atoms with van der Waals surface area (Å²) in [5, 5.41) is 18.3. The minimum absolute atomic E-state index is 0.00831. The zero-order chi connectivity index (χ0) is 13.9. The molecule has 0 radical (unpaired) electrons. The molecule has 0 saturated heterocycles. The van der Waals surface area contributed by atoms with Gasteiger partial charge in [-0.05, 0) is 30.5 Å². The van der Waals surface area contributed by atoms with E-state index in [2.05, 4.69) is 0 Å². The lowest BCUT2D eigenvalue weighted by Crippen LogP contribution is -2.41. The minimum atomic E-state index is -0.525. The molecule has 106 valence electrons. The van der Waals surface area contributed by atoms with Crippen molar-refractivity contribution >= 4 is 0 Å². The van der Waals surface area contributed by atoms with Crippen LogP contribution in [0, 0.1) is 0 Å². The molecule has 0 bridgehead atoms. The monoisotopic (exact) mass is 267 g/mol. The standard InChI is InChI=1S/C14H21NO4/c1-18-13-6-10(8-16)2-3-12(13)19-11-4-5-14(15,7-11)9-17/h2-3,6,11,16-17H,4-5,7-9,15H2,1H3. The van der Waals surface area contributed by atoms with Crippen molar-refractivity contribution in [2.75, 3.05) is 13.7 Å². The number of hydrogen-bond donors (Lipinski definition) is 3. The molecule has 0 aliphatic heterocycles. The molecule has 1 fully saturated rings. The van der Waals surface area contributed by atoms with E-state index in [-0.39, 0.29) is 19.3 Å². The summed E-state index contributed by atoms with van der Waals surface area (Å²) in [6, 6.07) is 5.35. The highest BCUT2D eigenvalue weighted by Gasteiger charge is 2.36. The fraction of sp³-hybridized carbons (Fsp3) is 0.571. The van der Waals surface area contributed by atoms with Crippen LogP contribution < -0.4 is 15.2 Å². The second-order valence-electron chi connectivity index (χ2n) is 5.15. The molecule has 5 heteroatoms. The van der Waals surface area contributed by atoms with E-state index in [1.807, 2.05) is 0 Å². The number of benzene rings is 1. The van der Waals surface area contributed by atoms with Crippen molar-refractivity contribution in [3.63, 3.8) is 0 Å². The zero-order valence-corrected chi connectivity index (χ0v) is 11.1. The van der Waals surface area contributed by atoms with Gasteiger partial charge in [-0.15, -0.1) is 0 Å². The van der Waals surface area contributed by atoms with Crippen LogP contribution in [0.2, 0.25) is 0 Å². The highest BCUT2D eigenvalue weighted by Crippen LogP contribution is 2.35. The van der Waals surface area contributed by atoms with E-state index in [1.165, 1.54) is 0 Å². The predicted octanol–water partition coefficient (Wildman–Crippen LogP) is 0.809. The third kappa shape index (κ3) is 3.18. The van der Waals surface area contributed by atoms with Gasteiger partial charge in [-0.25, -0.2) is 0 Å². The van der Waals surface area contributed by atoms with Crippen LogP contribution in [0.25, 0.3) is 0 Å². The Hall–Kier alpha value is -1.30. The lowest BCUT2D eigenvalue weighted by molar-refractivity contribution is 0.162. The number of hydrogen-bond acceptors (Lipinski definition) is 5. The highest BCUT2D eigenvalue weighted by molar-refractivity contribution is 5.43. The molecular formula is C14H21NO4. The van der Waals surface area contributed by atoms with Crippen molar-refractivity contribution < 1.29 is 19.7 Å². The minimum Gasteiger partial charge on any atom is -0.493 e. The van der Waals surface area contributed by atoms with Gasteiger partial charge in [0, 0.05) is 12.0 Å². The van der Waals surface area contributed by atoms with Gasteiger partial charge >= 0.3 is 0 Å². The van der Waals surface area contributed by atoms with Crippen molar-refractivity contribution in [1.82, 2.24) is 0 Å². The molecule has 1 saturated carbocycles. The van der Waals surface area contributed by atoms with E-state index >= 15 is 0 Å². The van der Waals surface area contributed by atoms with Crippen molar-refractivity contribution in [2.45, 2.75) is 37.5 Å². The second kappa shape index (κ2) is 5.77. The molecule has 0 aromatic heterocycles. The summed E-state index contributed by atoms with van der Waals surface area (Å²) in [5.74, 6) is 1.25. The SMILES string of the molecule is COc1cc(CO)ccc1OC1CCC(N)(CO)C1. The molecule has 2 rings (SSSR count). The molecule has 1 aliphatic carbocycles. The van der Waals surface area contributed by atoms with Gasteiger partial charge in [-0.1, -0.05) is 6.07 Å². The molecule has 2 atom stereocenters. The average Bonchev–Trinajstić information content (AvgIpc) is 2.81. The van der Waals surface area contributed by atoms with Gasteiger partial charge in [0.05, 0.1) is 20.3 Å². The third-order valence-electron chi connectivity index (χ3n) is 3.62. The van der Waals surface area contributed by atoms with Gasteiger partial charge in [0.25, 0.3) is 0 Å². The van der Waals surface area contributed by atoms with Crippen molar-refractivity contribution in [3.05, 3.63) is 23.8 Å². The number of ether oxygens (including phenoxy) is 2. The molecular weight excluding hydrogens is 246 g/mol. The largest absolute Gasteiger partial charge is 0.493 e. The molecule has 1 aromatic carbocycles. The average molecular weight is 267 g/mol. The van der Waals surface area contributed by atoms with E-state index in [9.17, 15) is 5.11 Å². The zero-order valence-electron chi connectivity index (χ0n) is 11.1. The summed E-state index contributed by atoms with van der Waals surface area (Å²) < 4.78 is 11.2. The van der Waals surface area contributed by atoms with E-state index in [1.54, 1.807) is 25.3 Å². The molecule has 0 amide bonds. The van der Waals surface area contributed by atoms with E-state index < -0.39 is 5.54 Å². The maximum atomic E-state index is 9.25.